The van der Waals surface area contributed by atoms with Crippen molar-refractivity contribution in [3.63, 3.8) is 0 Å². The number of pyridine rings is 1. The van der Waals surface area contributed by atoms with E-state index in [1.54, 1.807) is 48.5 Å². The summed E-state index contributed by atoms with van der Waals surface area (Å²) >= 11 is 0. The molecule has 1 heterocycles. The minimum atomic E-state index is -0.416. The number of amides is 1. The molecule has 0 bridgehead atoms. The molecule has 2 aromatic carbocycles. The van der Waals surface area contributed by atoms with E-state index in [4.69, 9.17) is 4.74 Å². The third kappa shape index (κ3) is 5.11. The fourth-order valence-corrected chi connectivity index (χ4v) is 2.31. The maximum Gasteiger partial charge on any atom is 0.343 e. The molecular formula is C22H19N3O3. The number of carbonyl (C=O) groups is 2. The van der Waals surface area contributed by atoms with Gasteiger partial charge >= 0.3 is 5.97 Å². The number of ether oxygens (including phenoxy) is 1. The highest BCUT2D eigenvalue weighted by Gasteiger charge is 2.08. The third-order valence-electron chi connectivity index (χ3n) is 3.93. The van der Waals surface area contributed by atoms with Crippen LogP contribution >= 0.6 is 0 Å². The first-order valence-electron chi connectivity index (χ1n) is 8.66. The highest BCUT2D eigenvalue weighted by Crippen LogP contribution is 2.14. The third-order valence-corrected chi connectivity index (χ3v) is 3.93. The molecule has 0 unspecified atom stereocenters. The van der Waals surface area contributed by atoms with E-state index in [0.717, 1.165) is 16.8 Å². The van der Waals surface area contributed by atoms with Gasteiger partial charge in [0.1, 0.15) is 5.75 Å². The molecule has 0 spiro atoms. The van der Waals surface area contributed by atoms with Crippen LogP contribution in [-0.4, -0.2) is 23.1 Å². The average Bonchev–Trinajstić information content (AvgIpc) is 2.70. The van der Waals surface area contributed by atoms with Gasteiger partial charge in [-0.1, -0.05) is 17.7 Å². The summed E-state index contributed by atoms with van der Waals surface area (Å²) in [7, 11) is 0. The number of nitrogens with zero attached hydrogens (tertiary/aromatic N) is 2. The summed E-state index contributed by atoms with van der Waals surface area (Å²) in [4.78, 5) is 28.1. The molecule has 3 rings (SSSR count). The van der Waals surface area contributed by atoms with Gasteiger partial charge in [-0.05, 0) is 67.9 Å². The quantitative estimate of drug-likeness (QED) is 0.320. The molecule has 0 aliphatic heterocycles. The van der Waals surface area contributed by atoms with Gasteiger partial charge in [-0.3, -0.25) is 9.78 Å². The van der Waals surface area contributed by atoms with Crippen molar-refractivity contribution in [1.82, 2.24) is 10.4 Å². The van der Waals surface area contributed by atoms with Crippen molar-refractivity contribution in [2.45, 2.75) is 13.8 Å². The minimum absolute atomic E-state index is 0.340. The molecule has 1 N–H and O–H groups in total. The average molecular weight is 373 g/mol. The predicted molar refractivity (Wildman–Crippen MR) is 107 cm³/mol. The first-order valence-corrected chi connectivity index (χ1v) is 8.66. The van der Waals surface area contributed by atoms with Crippen molar-refractivity contribution < 1.29 is 14.3 Å². The number of hydrazone groups is 1. The van der Waals surface area contributed by atoms with E-state index in [9.17, 15) is 9.59 Å². The fourth-order valence-electron chi connectivity index (χ4n) is 2.31. The Bertz CT molecular complexity index is 993. The molecule has 3 aromatic rings. The predicted octanol–water partition coefficient (Wildman–Crippen LogP) is 3.68. The van der Waals surface area contributed by atoms with Gasteiger partial charge in [-0.2, -0.15) is 5.10 Å². The van der Waals surface area contributed by atoms with E-state index in [1.807, 2.05) is 26.0 Å². The summed E-state index contributed by atoms with van der Waals surface area (Å²) in [6.07, 6.45) is 3.00. The Morgan fingerprint density at radius 3 is 2.25 bits per heavy atom. The Balaban J connectivity index is 1.55. The highest BCUT2D eigenvalue weighted by molar-refractivity contribution is 5.94. The molecule has 0 aliphatic rings. The van der Waals surface area contributed by atoms with Gasteiger partial charge in [-0.25, -0.2) is 10.2 Å². The lowest BCUT2D eigenvalue weighted by Crippen LogP contribution is -2.17. The number of rotatable bonds is 5. The Morgan fingerprint density at radius 1 is 0.929 bits per heavy atom. The fraction of sp³-hybridized carbons (Fsp3) is 0.0909. The van der Waals surface area contributed by atoms with Gasteiger partial charge in [0.2, 0.25) is 0 Å². The topological polar surface area (TPSA) is 80.6 Å². The summed E-state index contributed by atoms with van der Waals surface area (Å²) in [5, 5.41) is 3.93. The van der Waals surface area contributed by atoms with Crippen molar-refractivity contribution in [2.75, 3.05) is 0 Å². The molecule has 0 atom stereocenters. The summed E-state index contributed by atoms with van der Waals surface area (Å²) in [5.74, 6) is -0.328. The standard InChI is InChI=1S/C22H19N3O3/c1-15-3-8-18(9-4-15)22(27)28-20-11-6-17(7-12-20)13-24-25-21(26)19-10-5-16(2)23-14-19/h3-14H,1-2H3,(H,25,26)/b24-13-. The number of benzene rings is 2. The molecule has 0 fully saturated rings. The van der Waals surface area contributed by atoms with Crippen LogP contribution in [0.4, 0.5) is 0 Å². The van der Waals surface area contributed by atoms with Crippen LogP contribution < -0.4 is 10.2 Å². The smallest absolute Gasteiger partial charge is 0.343 e. The van der Waals surface area contributed by atoms with Crippen molar-refractivity contribution in [1.29, 1.82) is 0 Å². The number of carbonyl (C=O) groups excluding carboxylic acids is 2. The Morgan fingerprint density at radius 2 is 1.61 bits per heavy atom. The summed E-state index contributed by atoms with van der Waals surface area (Å²) in [6.45, 7) is 3.80. The monoisotopic (exact) mass is 373 g/mol. The number of nitrogens with one attached hydrogen (secondary N) is 1. The van der Waals surface area contributed by atoms with Crippen molar-refractivity contribution in [3.05, 3.63) is 94.8 Å². The second kappa shape index (κ2) is 8.73. The van der Waals surface area contributed by atoms with Gasteiger partial charge in [0.25, 0.3) is 5.91 Å². The van der Waals surface area contributed by atoms with Gasteiger partial charge in [0, 0.05) is 11.9 Å². The van der Waals surface area contributed by atoms with Gasteiger partial charge in [0.05, 0.1) is 17.3 Å². The molecule has 0 aliphatic carbocycles. The lowest BCUT2D eigenvalue weighted by molar-refractivity contribution is 0.0734. The lowest BCUT2D eigenvalue weighted by atomic mass is 10.1. The first kappa shape index (κ1) is 19.0. The van der Waals surface area contributed by atoms with Crippen molar-refractivity contribution in [2.24, 2.45) is 5.10 Å². The van der Waals surface area contributed by atoms with Crippen LogP contribution in [0.15, 0.2) is 72.0 Å². The second-order valence-corrected chi connectivity index (χ2v) is 6.21. The number of esters is 1. The molecule has 0 saturated heterocycles. The van der Waals surface area contributed by atoms with Gasteiger partial charge < -0.3 is 4.74 Å². The van der Waals surface area contributed by atoms with Crippen LogP contribution in [0.1, 0.15) is 37.5 Å². The summed E-state index contributed by atoms with van der Waals surface area (Å²) in [5.41, 5.74) is 6.03. The number of aryl methyl sites for hydroxylation is 2. The largest absolute Gasteiger partial charge is 0.423 e. The van der Waals surface area contributed by atoms with Crippen molar-refractivity contribution >= 4 is 18.1 Å². The zero-order chi connectivity index (χ0) is 19.9. The van der Waals surface area contributed by atoms with Gasteiger partial charge in [-0.15, -0.1) is 0 Å². The van der Waals surface area contributed by atoms with E-state index in [2.05, 4.69) is 15.5 Å². The molecule has 0 radical (unpaired) electrons. The van der Waals surface area contributed by atoms with E-state index in [-0.39, 0.29) is 5.91 Å². The molecule has 1 aromatic heterocycles. The first-order chi connectivity index (χ1) is 13.5. The molecule has 140 valence electrons. The number of hydrogen-bond donors (Lipinski definition) is 1. The minimum Gasteiger partial charge on any atom is -0.423 e. The van der Waals surface area contributed by atoms with E-state index >= 15 is 0 Å². The van der Waals surface area contributed by atoms with Crippen LogP contribution in [-0.2, 0) is 0 Å². The highest BCUT2D eigenvalue weighted by atomic mass is 16.5. The molecule has 0 saturated carbocycles. The molecule has 6 heteroatoms. The Hall–Kier alpha value is -3.80. The molecule has 1 amide bonds. The number of hydrogen-bond acceptors (Lipinski definition) is 5. The number of aromatic nitrogens is 1. The van der Waals surface area contributed by atoms with E-state index in [1.165, 1.54) is 12.4 Å². The zero-order valence-corrected chi connectivity index (χ0v) is 15.5. The molecule has 6 nitrogen and oxygen atoms in total. The van der Waals surface area contributed by atoms with Gasteiger partial charge in [0.15, 0.2) is 0 Å². The van der Waals surface area contributed by atoms with E-state index in [0.29, 0.717) is 16.9 Å². The summed E-state index contributed by atoms with van der Waals surface area (Å²) < 4.78 is 5.35. The van der Waals surface area contributed by atoms with Crippen LogP contribution in [0.5, 0.6) is 5.75 Å². The lowest BCUT2D eigenvalue weighted by Gasteiger charge is -2.05. The normalized spacial score (nSPS) is 10.6. The second-order valence-electron chi connectivity index (χ2n) is 6.21. The molecule has 28 heavy (non-hydrogen) atoms. The maximum atomic E-state index is 12.1. The molecular weight excluding hydrogens is 354 g/mol. The van der Waals surface area contributed by atoms with Crippen molar-refractivity contribution in [3.8, 4) is 5.75 Å². The maximum absolute atomic E-state index is 12.1. The Labute approximate surface area is 162 Å². The summed E-state index contributed by atoms with van der Waals surface area (Å²) in [6, 6.07) is 17.4. The van der Waals surface area contributed by atoms with Crippen LogP contribution in [0.2, 0.25) is 0 Å². The zero-order valence-electron chi connectivity index (χ0n) is 15.5. The SMILES string of the molecule is Cc1ccc(C(=O)Oc2ccc(/C=N\NC(=O)c3ccc(C)nc3)cc2)cc1. The Kier molecular flexibility index (Phi) is 5.91. The van der Waals surface area contributed by atoms with Crippen LogP contribution in [0.3, 0.4) is 0 Å². The van der Waals surface area contributed by atoms with Crippen LogP contribution in [0.25, 0.3) is 0 Å². The van der Waals surface area contributed by atoms with E-state index < -0.39 is 5.97 Å². The van der Waals surface area contributed by atoms with Crippen LogP contribution in [0, 0.1) is 13.8 Å².